The van der Waals surface area contributed by atoms with Crippen molar-refractivity contribution in [2.75, 3.05) is 0 Å². The standard InChI is InChI=1S/C8H5ClF3N/c9-6-1-3-7(4-2-6)13-5-8(10,11)12/h1-5H. The summed E-state index contributed by atoms with van der Waals surface area (Å²) in [5.41, 5.74) is 0.224. The largest absolute Gasteiger partial charge is 0.426 e. The topological polar surface area (TPSA) is 12.4 Å². The van der Waals surface area contributed by atoms with Crippen molar-refractivity contribution in [2.45, 2.75) is 6.18 Å². The van der Waals surface area contributed by atoms with E-state index in [1.807, 2.05) is 0 Å². The van der Waals surface area contributed by atoms with Crippen molar-refractivity contribution < 1.29 is 13.2 Å². The highest BCUT2D eigenvalue weighted by Crippen LogP contribution is 2.18. The second-order valence-electron chi connectivity index (χ2n) is 2.28. The highest BCUT2D eigenvalue weighted by Gasteiger charge is 2.23. The van der Waals surface area contributed by atoms with Gasteiger partial charge in [0.15, 0.2) is 0 Å². The van der Waals surface area contributed by atoms with Gasteiger partial charge in [0.25, 0.3) is 0 Å². The van der Waals surface area contributed by atoms with Crippen LogP contribution >= 0.6 is 11.6 Å². The quantitative estimate of drug-likeness (QED) is 0.624. The van der Waals surface area contributed by atoms with Gasteiger partial charge in [-0.2, -0.15) is 13.2 Å². The van der Waals surface area contributed by atoms with Crippen LogP contribution in [-0.4, -0.2) is 12.4 Å². The molecule has 13 heavy (non-hydrogen) atoms. The van der Waals surface area contributed by atoms with Gasteiger partial charge in [0.05, 0.1) is 5.69 Å². The van der Waals surface area contributed by atoms with E-state index in [1.165, 1.54) is 24.3 Å². The normalized spacial score (nSPS) is 12.3. The van der Waals surface area contributed by atoms with E-state index in [9.17, 15) is 13.2 Å². The van der Waals surface area contributed by atoms with E-state index in [0.29, 0.717) is 5.02 Å². The SMILES string of the molecule is FC(F)(F)C=Nc1ccc(Cl)cc1. The molecule has 0 aliphatic heterocycles. The molecule has 1 aromatic carbocycles. The summed E-state index contributed by atoms with van der Waals surface area (Å²) in [7, 11) is 0. The Hall–Kier alpha value is -1.03. The number of halogens is 4. The zero-order valence-electron chi connectivity index (χ0n) is 6.35. The smallest absolute Gasteiger partial charge is 0.252 e. The Labute approximate surface area is 77.9 Å². The first kappa shape index (κ1) is 10.1. The molecule has 1 aromatic rings. The average Bonchev–Trinajstić information content (AvgIpc) is 2.02. The second kappa shape index (κ2) is 3.79. The Morgan fingerprint density at radius 3 is 2.15 bits per heavy atom. The fourth-order valence-electron chi connectivity index (χ4n) is 0.675. The predicted molar refractivity (Wildman–Crippen MR) is 45.7 cm³/mol. The highest BCUT2D eigenvalue weighted by atomic mass is 35.5. The molecule has 0 saturated heterocycles. The molecule has 0 spiro atoms. The molecule has 0 radical (unpaired) electrons. The van der Waals surface area contributed by atoms with Gasteiger partial charge in [-0.25, -0.2) is 0 Å². The highest BCUT2D eigenvalue weighted by molar-refractivity contribution is 6.30. The summed E-state index contributed by atoms with van der Waals surface area (Å²) in [6, 6.07) is 5.77. The lowest BCUT2D eigenvalue weighted by molar-refractivity contribution is -0.0535. The first-order valence-corrected chi connectivity index (χ1v) is 3.73. The minimum Gasteiger partial charge on any atom is -0.252 e. The maximum atomic E-state index is 11.6. The second-order valence-corrected chi connectivity index (χ2v) is 2.71. The molecule has 0 aliphatic carbocycles. The molecular formula is C8H5ClF3N. The van der Waals surface area contributed by atoms with Crippen LogP contribution in [0, 0.1) is 0 Å². The van der Waals surface area contributed by atoms with Gasteiger partial charge in [0.1, 0.15) is 6.21 Å². The Morgan fingerprint density at radius 2 is 1.69 bits per heavy atom. The molecule has 5 heteroatoms. The summed E-state index contributed by atoms with van der Waals surface area (Å²) >= 11 is 5.53. The summed E-state index contributed by atoms with van der Waals surface area (Å²) in [5.74, 6) is 0. The van der Waals surface area contributed by atoms with E-state index in [4.69, 9.17) is 11.6 Å². The van der Waals surface area contributed by atoms with Crippen LogP contribution in [0.5, 0.6) is 0 Å². The van der Waals surface area contributed by atoms with Gasteiger partial charge in [-0.1, -0.05) is 11.6 Å². The number of aliphatic imine (C=N–C) groups is 1. The van der Waals surface area contributed by atoms with Crippen molar-refractivity contribution in [1.29, 1.82) is 0 Å². The predicted octanol–water partition coefficient (Wildman–Crippen LogP) is 3.60. The molecule has 1 rings (SSSR count). The molecule has 0 N–H and O–H groups in total. The Morgan fingerprint density at radius 1 is 1.15 bits per heavy atom. The molecule has 0 aromatic heterocycles. The van der Waals surface area contributed by atoms with Crippen LogP contribution in [-0.2, 0) is 0 Å². The Kier molecular flexibility index (Phi) is 2.93. The summed E-state index contributed by atoms with van der Waals surface area (Å²) in [6.07, 6.45) is -4.43. The molecule has 70 valence electrons. The van der Waals surface area contributed by atoms with E-state index in [0.717, 1.165) is 0 Å². The average molecular weight is 208 g/mol. The minimum absolute atomic E-state index is 0.0593. The number of nitrogens with zero attached hydrogens (tertiary/aromatic N) is 1. The molecule has 0 heterocycles. The lowest BCUT2D eigenvalue weighted by Crippen LogP contribution is -2.07. The Bertz CT molecular complexity index is 302. The van der Waals surface area contributed by atoms with Gasteiger partial charge in [0.2, 0.25) is 0 Å². The number of hydrogen-bond acceptors (Lipinski definition) is 1. The number of rotatable bonds is 1. The van der Waals surface area contributed by atoms with Crippen LogP contribution in [0.15, 0.2) is 29.3 Å². The monoisotopic (exact) mass is 207 g/mol. The van der Waals surface area contributed by atoms with E-state index in [2.05, 4.69) is 4.99 Å². The van der Waals surface area contributed by atoms with Gasteiger partial charge in [-0.3, -0.25) is 4.99 Å². The van der Waals surface area contributed by atoms with Gasteiger partial charge in [-0.15, -0.1) is 0 Å². The molecule has 0 unspecified atom stereocenters. The summed E-state index contributed by atoms with van der Waals surface area (Å²) in [4.78, 5) is 3.21. The zero-order chi connectivity index (χ0) is 9.90. The first-order chi connectivity index (χ1) is 5.97. The van der Waals surface area contributed by atoms with Crippen molar-refractivity contribution in [1.82, 2.24) is 0 Å². The minimum atomic E-state index is -4.38. The Balaban J connectivity index is 2.75. The molecule has 0 atom stereocenters. The lowest BCUT2D eigenvalue weighted by Gasteiger charge is -1.97. The van der Waals surface area contributed by atoms with E-state index in [1.54, 1.807) is 0 Å². The van der Waals surface area contributed by atoms with E-state index >= 15 is 0 Å². The van der Waals surface area contributed by atoms with Crippen LogP contribution in [0.2, 0.25) is 5.02 Å². The van der Waals surface area contributed by atoms with Crippen LogP contribution < -0.4 is 0 Å². The van der Waals surface area contributed by atoms with Gasteiger partial charge >= 0.3 is 6.18 Å². The van der Waals surface area contributed by atoms with Crippen LogP contribution in [0.4, 0.5) is 18.9 Å². The van der Waals surface area contributed by atoms with Gasteiger partial charge in [-0.05, 0) is 24.3 Å². The third-order valence-corrected chi connectivity index (χ3v) is 1.44. The zero-order valence-corrected chi connectivity index (χ0v) is 7.10. The van der Waals surface area contributed by atoms with E-state index < -0.39 is 6.18 Å². The maximum absolute atomic E-state index is 11.6. The third kappa shape index (κ3) is 3.94. The molecule has 0 aliphatic rings. The van der Waals surface area contributed by atoms with Crippen molar-refractivity contribution >= 4 is 23.5 Å². The summed E-state index contributed by atoms with van der Waals surface area (Å²) in [6.45, 7) is 0. The molecule has 1 nitrogen and oxygen atoms in total. The summed E-state index contributed by atoms with van der Waals surface area (Å²) in [5, 5.41) is 0.464. The van der Waals surface area contributed by atoms with Gasteiger partial charge < -0.3 is 0 Å². The first-order valence-electron chi connectivity index (χ1n) is 3.35. The third-order valence-electron chi connectivity index (χ3n) is 1.19. The lowest BCUT2D eigenvalue weighted by atomic mass is 10.3. The molecule has 0 bridgehead atoms. The van der Waals surface area contributed by atoms with E-state index in [-0.39, 0.29) is 11.9 Å². The van der Waals surface area contributed by atoms with Crippen LogP contribution in [0.25, 0.3) is 0 Å². The van der Waals surface area contributed by atoms with Crippen molar-refractivity contribution in [3.63, 3.8) is 0 Å². The number of hydrogen-bond donors (Lipinski definition) is 0. The number of benzene rings is 1. The molecular weight excluding hydrogens is 203 g/mol. The van der Waals surface area contributed by atoms with Crippen molar-refractivity contribution in [3.05, 3.63) is 29.3 Å². The summed E-state index contributed by atoms with van der Waals surface area (Å²) < 4.78 is 34.9. The van der Waals surface area contributed by atoms with Crippen LogP contribution in [0.1, 0.15) is 0 Å². The molecule has 0 amide bonds. The maximum Gasteiger partial charge on any atom is 0.426 e. The van der Waals surface area contributed by atoms with Crippen molar-refractivity contribution in [3.8, 4) is 0 Å². The fraction of sp³-hybridized carbons (Fsp3) is 0.125. The number of alkyl halides is 3. The van der Waals surface area contributed by atoms with Crippen LogP contribution in [0.3, 0.4) is 0 Å². The van der Waals surface area contributed by atoms with Crippen molar-refractivity contribution in [2.24, 2.45) is 4.99 Å². The molecule has 0 fully saturated rings. The van der Waals surface area contributed by atoms with Gasteiger partial charge in [0, 0.05) is 5.02 Å². The fourth-order valence-corrected chi connectivity index (χ4v) is 0.801. The molecule has 0 saturated carbocycles.